The van der Waals surface area contributed by atoms with Crippen LogP contribution in [0.3, 0.4) is 0 Å². The van der Waals surface area contributed by atoms with Gasteiger partial charge < -0.3 is 9.42 Å². The highest BCUT2D eigenvalue weighted by molar-refractivity contribution is 5.49. The van der Waals surface area contributed by atoms with E-state index in [9.17, 15) is 13.2 Å². The Morgan fingerprint density at radius 1 is 1.08 bits per heavy atom. The average Bonchev–Trinajstić information content (AvgIpc) is 3.11. The van der Waals surface area contributed by atoms with Gasteiger partial charge in [-0.2, -0.15) is 18.2 Å². The Hall–Kier alpha value is -2.09. The smallest absolute Gasteiger partial charge is 0.369 e. The molecule has 0 aliphatic carbocycles. The van der Waals surface area contributed by atoms with Gasteiger partial charge in [0.25, 0.3) is 0 Å². The molecular formula is C18H23F3N4O. The highest BCUT2D eigenvalue weighted by atomic mass is 19.4. The fourth-order valence-corrected chi connectivity index (χ4v) is 3.05. The van der Waals surface area contributed by atoms with Crippen LogP contribution in [0.2, 0.25) is 0 Å². The molecule has 0 N–H and O–H groups in total. The van der Waals surface area contributed by atoms with Gasteiger partial charge in [-0.3, -0.25) is 4.90 Å². The summed E-state index contributed by atoms with van der Waals surface area (Å²) < 4.78 is 44.1. The van der Waals surface area contributed by atoms with E-state index >= 15 is 0 Å². The summed E-state index contributed by atoms with van der Waals surface area (Å²) in [7, 11) is 0. The Bertz CT molecular complexity index is 736. The zero-order valence-corrected chi connectivity index (χ0v) is 15.1. The molecule has 1 fully saturated rings. The van der Waals surface area contributed by atoms with Crippen LogP contribution in [-0.4, -0.2) is 41.2 Å². The van der Waals surface area contributed by atoms with Gasteiger partial charge in [-0.05, 0) is 25.1 Å². The molecule has 8 heteroatoms. The normalized spacial score (nSPS) is 17.7. The monoisotopic (exact) mass is 368 g/mol. The Morgan fingerprint density at radius 3 is 2.35 bits per heavy atom. The number of hydrogen-bond donors (Lipinski definition) is 0. The van der Waals surface area contributed by atoms with Gasteiger partial charge in [-0.1, -0.05) is 25.1 Å². The maximum atomic E-state index is 12.9. The first-order valence-electron chi connectivity index (χ1n) is 8.75. The molecule has 1 aliphatic heterocycles. The van der Waals surface area contributed by atoms with Crippen LogP contribution in [0.5, 0.6) is 0 Å². The topological polar surface area (TPSA) is 45.4 Å². The number of alkyl halides is 3. The SMILES string of the molecule is CC(C)c1noc([C@@H](C)N2CCN(c3cccc(C(F)(F)F)c3)CC2)n1. The lowest BCUT2D eigenvalue weighted by molar-refractivity contribution is -0.137. The average molecular weight is 368 g/mol. The van der Waals surface area contributed by atoms with E-state index in [1.807, 2.05) is 25.7 Å². The van der Waals surface area contributed by atoms with Gasteiger partial charge in [0.15, 0.2) is 5.82 Å². The van der Waals surface area contributed by atoms with Crippen molar-refractivity contribution >= 4 is 5.69 Å². The molecule has 5 nitrogen and oxygen atoms in total. The Labute approximate surface area is 150 Å². The quantitative estimate of drug-likeness (QED) is 0.813. The molecule has 1 aromatic carbocycles. The molecule has 0 spiro atoms. The van der Waals surface area contributed by atoms with Crippen LogP contribution in [0.1, 0.15) is 50.0 Å². The van der Waals surface area contributed by atoms with Crippen molar-refractivity contribution in [3.05, 3.63) is 41.5 Å². The van der Waals surface area contributed by atoms with Crippen molar-refractivity contribution in [3.63, 3.8) is 0 Å². The molecule has 2 aromatic rings. The van der Waals surface area contributed by atoms with Gasteiger partial charge in [0.05, 0.1) is 11.6 Å². The molecule has 3 rings (SSSR count). The molecule has 1 aliphatic rings. The van der Waals surface area contributed by atoms with Gasteiger partial charge in [0.2, 0.25) is 5.89 Å². The summed E-state index contributed by atoms with van der Waals surface area (Å²) in [6.07, 6.45) is -4.32. The van der Waals surface area contributed by atoms with E-state index in [2.05, 4.69) is 15.0 Å². The lowest BCUT2D eigenvalue weighted by Crippen LogP contribution is -2.47. The molecular weight excluding hydrogens is 345 g/mol. The van der Waals surface area contributed by atoms with Crippen LogP contribution in [0.4, 0.5) is 18.9 Å². The second-order valence-corrected chi connectivity index (χ2v) is 6.89. The third kappa shape index (κ3) is 4.00. The minimum absolute atomic E-state index is 0.0151. The summed E-state index contributed by atoms with van der Waals surface area (Å²) in [5, 5.41) is 4.00. The van der Waals surface area contributed by atoms with Gasteiger partial charge in [0.1, 0.15) is 0 Å². The van der Waals surface area contributed by atoms with E-state index in [0.29, 0.717) is 30.5 Å². The maximum absolute atomic E-state index is 12.9. The van der Waals surface area contributed by atoms with E-state index in [4.69, 9.17) is 4.52 Å². The van der Waals surface area contributed by atoms with Crippen molar-refractivity contribution in [2.45, 2.75) is 38.9 Å². The van der Waals surface area contributed by atoms with Crippen LogP contribution < -0.4 is 4.90 Å². The minimum Gasteiger partial charge on any atom is -0.369 e. The number of piperazine rings is 1. The largest absolute Gasteiger partial charge is 0.416 e. The molecule has 0 radical (unpaired) electrons. The van der Waals surface area contributed by atoms with Crippen molar-refractivity contribution in [1.82, 2.24) is 15.0 Å². The highest BCUT2D eigenvalue weighted by Crippen LogP contribution is 2.32. The van der Waals surface area contributed by atoms with E-state index in [-0.39, 0.29) is 12.0 Å². The second-order valence-electron chi connectivity index (χ2n) is 6.89. The van der Waals surface area contributed by atoms with Crippen molar-refractivity contribution in [1.29, 1.82) is 0 Å². The molecule has 0 unspecified atom stereocenters. The zero-order valence-electron chi connectivity index (χ0n) is 15.1. The summed E-state index contributed by atoms with van der Waals surface area (Å²) in [5.74, 6) is 1.48. The third-order valence-corrected chi connectivity index (χ3v) is 4.73. The van der Waals surface area contributed by atoms with Gasteiger partial charge in [-0.25, -0.2) is 0 Å². The summed E-state index contributed by atoms with van der Waals surface area (Å²) in [6, 6.07) is 5.48. The maximum Gasteiger partial charge on any atom is 0.416 e. The standard InChI is InChI=1S/C18H23F3N4O/c1-12(2)16-22-17(26-23-16)13(3)24-7-9-25(10-8-24)15-6-4-5-14(11-15)18(19,20)21/h4-6,11-13H,7-10H2,1-3H3/t13-/m1/s1. The summed E-state index contributed by atoms with van der Waals surface area (Å²) >= 11 is 0. The molecule has 1 aromatic heterocycles. The number of hydrogen-bond acceptors (Lipinski definition) is 5. The second kappa shape index (κ2) is 7.26. The van der Waals surface area contributed by atoms with Crippen molar-refractivity contribution in [2.24, 2.45) is 0 Å². The summed E-state index contributed by atoms with van der Waals surface area (Å²) in [6.45, 7) is 8.76. The summed E-state index contributed by atoms with van der Waals surface area (Å²) in [4.78, 5) is 8.63. The summed E-state index contributed by atoms with van der Waals surface area (Å²) in [5.41, 5.74) is -0.00937. The first kappa shape index (κ1) is 18.7. The molecule has 0 bridgehead atoms. The fraction of sp³-hybridized carbons (Fsp3) is 0.556. The van der Waals surface area contributed by atoms with Crippen molar-refractivity contribution < 1.29 is 17.7 Å². The predicted octanol–water partition coefficient (Wildman–Crippen LogP) is 4.10. The number of anilines is 1. The Balaban J connectivity index is 1.63. The van der Waals surface area contributed by atoms with Crippen molar-refractivity contribution in [2.75, 3.05) is 31.1 Å². The molecule has 1 saturated heterocycles. The lowest BCUT2D eigenvalue weighted by atomic mass is 10.1. The fourth-order valence-electron chi connectivity index (χ4n) is 3.05. The number of aromatic nitrogens is 2. The van der Waals surface area contributed by atoms with Crippen LogP contribution in [0, 0.1) is 0 Å². The Kier molecular flexibility index (Phi) is 5.22. The number of halogens is 3. The number of nitrogens with zero attached hydrogens (tertiary/aromatic N) is 4. The van der Waals surface area contributed by atoms with E-state index in [1.54, 1.807) is 6.07 Å². The van der Waals surface area contributed by atoms with Crippen LogP contribution in [0.25, 0.3) is 0 Å². The van der Waals surface area contributed by atoms with E-state index in [1.165, 1.54) is 12.1 Å². The van der Waals surface area contributed by atoms with E-state index < -0.39 is 11.7 Å². The molecule has 2 heterocycles. The van der Waals surface area contributed by atoms with Crippen LogP contribution in [-0.2, 0) is 6.18 Å². The van der Waals surface area contributed by atoms with Gasteiger partial charge in [0, 0.05) is 37.8 Å². The van der Waals surface area contributed by atoms with Gasteiger partial charge >= 0.3 is 6.18 Å². The molecule has 0 amide bonds. The number of benzene rings is 1. The molecule has 1 atom stereocenters. The number of rotatable bonds is 4. The highest BCUT2D eigenvalue weighted by Gasteiger charge is 2.31. The first-order chi connectivity index (χ1) is 12.3. The minimum atomic E-state index is -4.32. The van der Waals surface area contributed by atoms with Gasteiger partial charge in [-0.15, -0.1) is 0 Å². The molecule has 142 valence electrons. The van der Waals surface area contributed by atoms with Crippen LogP contribution in [0.15, 0.2) is 28.8 Å². The third-order valence-electron chi connectivity index (χ3n) is 4.73. The molecule has 0 saturated carbocycles. The first-order valence-corrected chi connectivity index (χ1v) is 8.75. The lowest BCUT2D eigenvalue weighted by Gasteiger charge is -2.38. The van der Waals surface area contributed by atoms with Crippen LogP contribution >= 0.6 is 0 Å². The van der Waals surface area contributed by atoms with E-state index in [0.717, 1.165) is 19.2 Å². The van der Waals surface area contributed by atoms with Crippen molar-refractivity contribution in [3.8, 4) is 0 Å². The Morgan fingerprint density at radius 2 is 1.77 bits per heavy atom. The zero-order chi connectivity index (χ0) is 18.9. The molecule has 26 heavy (non-hydrogen) atoms. The predicted molar refractivity (Wildman–Crippen MR) is 92.0 cm³/mol.